The molecule has 8 nitrogen and oxygen atoms in total. The molecule has 29 heavy (non-hydrogen) atoms. The summed E-state index contributed by atoms with van der Waals surface area (Å²) < 4.78 is 7.63. The topological polar surface area (TPSA) is 85.8 Å². The molecule has 3 heterocycles. The fraction of sp³-hybridized carbons (Fsp3) is 0.250. The summed E-state index contributed by atoms with van der Waals surface area (Å²) in [6.07, 6.45) is 5.77. The second-order valence-electron chi connectivity index (χ2n) is 7.04. The summed E-state index contributed by atoms with van der Waals surface area (Å²) in [6, 6.07) is 11.7. The van der Waals surface area contributed by atoms with E-state index in [9.17, 15) is 0 Å². The van der Waals surface area contributed by atoms with Crippen molar-refractivity contribution >= 4 is 17.5 Å². The molecule has 0 spiro atoms. The molecule has 0 unspecified atom stereocenters. The zero-order chi connectivity index (χ0) is 19.8. The first kappa shape index (κ1) is 17.8. The van der Waals surface area contributed by atoms with Crippen LogP contribution in [0.2, 0.25) is 5.02 Å². The van der Waals surface area contributed by atoms with Crippen LogP contribution in [0.15, 0.2) is 53.3 Å². The second kappa shape index (κ2) is 7.29. The Balaban J connectivity index is 1.41. The van der Waals surface area contributed by atoms with Crippen LogP contribution in [-0.2, 0) is 6.54 Å². The number of anilines is 1. The van der Waals surface area contributed by atoms with Crippen LogP contribution < -0.4 is 4.90 Å². The zero-order valence-electron chi connectivity index (χ0n) is 15.7. The van der Waals surface area contributed by atoms with Gasteiger partial charge < -0.3 is 9.42 Å². The van der Waals surface area contributed by atoms with E-state index in [0.29, 0.717) is 29.3 Å². The molecule has 1 saturated carbocycles. The molecular formula is C20H18ClN7O. The molecule has 1 aliphatic rings. The molecule has 1 fully saturated rings. The predicted octanol–water partition coefficient (Wildman–Crippen LogP) is 4.01. The maximum Gasteiger partial charge on any atom is 0.246 e. The van der Waals surface area contributed by atoms with Crippen LogP contribution in [0.3, 0.4) is 0 Å². The minimum absolute atomic E-state index is 0.412. The highest BCUT2D eigenvalue weighted by molar-refractivity contribution is 6.30. The lowest BCUT2D eigenvalue weighted by atomic mass is 10.2. The predicted molar refractivity (Wildman–Crippen MR) is 108 cm³/mol. The van der Waals surface area contributed by atoms with Crippen molar-refractivity contribution in [2.24, 2.45) is 0 Å². The van der Waals surface area contributed by atoms with Crippen molar-refractivity contribution in [2.75, 3.05) is 11.9 Å². The minimum Gasteiger partial charge on any atom is -0.337 e. The van der Waals surface area contributed by atoms with Crippen molar-refractivity contribution in [3.05, 3.63) is 59.7 Å². The summed E-state index contributed by atoms with van der Waals surface area (Å²) in [5, 5.41) is 13.6. The molecule has 1 aromatic carbocycles. The summed E-state index contributed by atoms with van der Waals surface area (Å²) in [6.45, 7) is 0.425. The lowest BCUT2D eigenvalue weighted by Gasteiger charge is -2.17. The van der Waals surface area contributed by atoms with Crippen molar-refractivity contribution in [2.45, 2.75) is 25.4 Å². The quantitative estimate of drug-likeness (QED) is 0.477. The van der Waals surface area contributed by atoms with Gasteiger partial charge in [0.15, 0.2) is 5.82 Å². The maximum atomic E-state index is 6.06. The Morgan fingerprint density at radius 3 is 2.72 bits per heavy atom. The molecular weight excluding hydrogens is 390 g/mol. The molecule has 0 amide bonds. The average Bonchev–Trinajstić information content (AvgIpc) is 3.30. The van der Waals surface area contributed by atoms with Gasteiger partial charge in [0.1, 0.15) is 0 Å². The van der Waals surface area contributed by atoms with Gasteiger partial charge in [0.05, 0.1) is 6.54 Å². The van der Waals surface area contributed by atoms with Gasteiger partial charge in [-0.05, 0) is 37.1 Å². The largest absolute Gasteiger partial charge is 0.337 e. The number of nitrogens with zero attached hydrogens (tertiary/aromatic N) is 7. The van der Waals surface area contributed by atoms with Crippen LogP contribution in [0.4, 0.5) is 5.95 Å². The number of halogens is 1. The van der Waals surface area contributed by atoms with Gasteiger partial charge in [-0.15, -0.1) is 10.2 Å². The van der Waals surface area contributed by atoms with Gasteiger partial charge in [-0.1, -0.05) is 28.9 Å². The van der Waals surface area contributed by atoms with E-state index in [1.165, 1.54) is 0 Å². The summed E-state index contributed by atoms with van der Waals surface area (Å²) in [5.41, 5.74) is 1.82. The van der Waals surface area contributed by atoms with Crippen LogP contribution in [-0.4, -0.2) is 36.9 Å². The summed E-state index contributed by atoms with van der Waals surface area (Å²) >= 11 is 6.06. The molecule has 5 rings (SSSR count). The van der Waals surface area contributed by atoms with Crippen molar-refractivity contribution in [1.82, 2.24) is 29.9 Å². The van der Waals surface area contributed by atoms with E-state index in [1.807, 2.05) is 48.3 Å². The number of benzene rings is 1. The monoisotopic (exact) mass is 407 g/mol. The standard InChI is InChI=1S/C20H18ClN7O/c1-27(12-17-23-18(26-29-17)14-3-2-4-15(21)11-14)20-25-24-19(28(20)16-5-6-16)13-7-9-22-10-8-13/h2-4,7-11,16H,5-6,12H2,1H3. The number of pyridine rings is 1. The Kier molecular flexibility index (Phi) is 4.48. The Morgan fingerprint density at radius 2 is 1.97 bits per heavy atom. The van der Waals surface area contributed by atoms with Crippen LogP contribution in [0, 0.1) is 0 Å². The van der Waals surface area contributed by atoms with Crippen LogP contribution in [0.5, 0.6) is 0 Å². The number of aromatic nitrogens is 6. The fourth-order valence-corrected chi connectivity index (χ4v) is 3.44. The maximum absolute atomic E-state index is 6.06. The second-order valence-corrected chi connectivity index (χ2v) is 7.48. The third-order valence-electron chi connectivity index (χ3n) is 4.79. The molecule has 3 aromatic heterocycles. The summed E-state index contributed by atoms with van der Waals surface area (Å²) in [7, 11) is 1.95. The van der Waals surface area contributed by atoms with Gasteiger partial charge in [0, 0.05) is 41.6 Å². The first-order valence-corrected chi connectivity index (χ1v) is 9.72. The molecule has 1 aliphatic carbocycles. The molecule has 4 aromatic rings. The van der Waals surface area contributed by atoms with E-state index in [4.69, 9.17) is 16.1 Å². The Bertz CT molecular complexity index is 1140. The minimum atomic E-state index is 0.412. The molecule has 0 saturated heterocycles. The SMILES string of the molecule is CN(Cc1nc(-c2cccc(Cl)c2)no1)c1nnc(-c2ccncc2)n1C1CC1. The highest BCUT2D eigenvalue weighted by atomic mass is 35.5. The fourth-order valence-electron chi connectivity index (χ4n) is 3.25. The number of hydrogen-bond donors (Lipinski definition) is 0. The van der Waals surface area contributed by atoms with Gasteiger partial charge >= 0.3 is 0 Å². The van der Waals surface area contributed by atoms with Crippen LogP contribution >= 0.6 is 11.6 Å². The van der Waals surface area contributed by atoms with Gasteiger partial charge in [-0.3, -0.25) is 9.55 Å². The molecule has 0 bridgehead atoms. The first-order valence-electron chi connectivity index (χ1n) is 9.34. The van der Waals surface area contributed by atoms with Gasteiger partial charge in [0.25, 0.3) is 0 Å². The zero-order valence-corrected chi connectivity index (χ0v) is 16.5. The van der Waals surface area contributed by atoms with Gasteiger partial charge in [0.2, 0.25) is 17.7 Å². The molecule has 9 heteroatoms. The van der Waals surface area contributed by atoms with Crippen molar-refractivity contribution in [3.8, 4) is 22.8 Å². The highest BCUT2D eigenvalue weighted by Gasteiger charge is 2.31. The summed E-state index contributed by atoms with van der Waals surface area (Å²) in [4.78, 5) is 10.6. The van der Waals surface area contributed by atoms with E-state index >= 15 is 0 Å². The average molecular weight is 408 g/mol. The molecule has 0 radical (unpaired) electrons. The van der Waals surface area contributed by atoms with Crippen LogP contribution in [0.25, 0.3) is 22.8 Å². The Hall–Kier alpha value is -3.26. The third kappa shape index (κ3) is 3.58. The normalized spacial score (nSPS) is 13.6. The number of rotatable bonds is 6. The molecule has 0 aliphatic heterocycles. The van der Waals surface area contributed by atoms with Crippen molar-refractivity contribution in [3.63, 3.8) is 0 Å². The lowest BCUT2D eigenvalue weighted by molar-refractivity contribution is 0.377. The first-order chi connectivity index (χ1) is 14.2. The van der Waals surface area contributed by atoms with E-state index in [1.54, 1.807) is 12.4 Å². The molecule has 146 valence electrons. The van der Waals surface area contributed by atoms with E-state index in [0.717, 1.165) is 35.7 Å². The molecule has 0 N–H and O–H groups in total. The molecule has 0 atom stereocenters. The highest BCUT2D eigenvalue weighted by Crippen LogP contribution is 2.41. The van der Waals surface area contributed by atoms with E-state index < -0.39 is 0 Å². The van der Waals surface area contributed by atoms with Gasteiger partial charge in [-0.25, -0.2) is 0 Å². The van der Waals surface area contributed by atoms with Gasteiger partial charge in [-0.2, -0.15) is 4.98 Å². The summed E-state index contributed by atoms with van der Waals surface area (Å²) in [5.74, 6) is 2.64. The Labute approximate surface area is 172 Å². The van der Waals surface area contributed by atoms with E-state index in [2.05, 4.69) is 29.9 Å². The van der Waals surface area contributed by atoms with Crippen molar-refractivity contribution < 1.29 is 4.52 Å². The lowest BCUT2D eigenvalue weighted by Crippen LogP contribution is -2.21. The van der Waals surface area contributed by atoms with E-state index in [-0.39, 0.29) is 0 Å². The van der Waals surface area contributed by atoms with Crippen molar-refractivity contribution in [1.29, 1.82) is 0 Å². The number of hydrogen-bond acceptors (Lipinski definition) is 7. The van der Waals surface area contributed by atoms with Crippen LogP contribution in [0.1, 0.15) is 24.8 Å². The smallest absolute Gasteiger partial charge is 0.246 e. The third-order valence-corrected chi connectivity index (χ3v) is 5.03. The Morgan fingerprint density at radius 1 is 1.14 bits per heavy atom.